The largest absolute Gasteiger partial charge is 0.343 e. The lowest BCUT2D eigenvalue weighted by atomic mass is 9.98. The normalized spacial score (nSPS) is 22.3. The number of aryl methyl sites for hydroxylation is 1. The van der Waals surface area contributed by atoms with Gasteiger partial charge in [0.25, 0.3) is 5.91 Å². The van der Waals surface area contributed by atoms with Gasteiger partial charge in [0.2, 0.25) is 0 Å². The maximum absolute atomic E-state index is 13.2. The number of nitrogens with zero attached hydrogens (tertiary/aromatic N) is 3. The van der Waals surface area contributed by atoms with Gasteiger partial charge in [0.05, 0.1) is 5.54 Å². The van der Waals surface area contributed by atoms with Crippen LogP contribution in [0.4, 0.5) is 15.9 Å². The van der Waals surface area contributed by atoms with Crippen LogP contribution in [0.5, 0.6) is 0 Å². The van der Waals surface area contributed by atoms with Crippen molar-refractivity contribution in [1.82, 2.24) is 15.3 Å². The molecule has 0 unspecified atom stereocenters. The molecule has 3 aromatic rings. The summed E-state index contributed by atoms with van der Waals surface area (Å²) in [6, 6.07) is 14.7. The van der Waals surface area contributed by atoms with Crippen LogP contribution in [-0.4, -0.2) is 21.9 Å². The minimum atomic E-state index is -0.339. The van der Waals surface area contributed by atoms with Crippen molar-refractivity contribution < 1.29 is 9.18 Å². The van der Waals surface area contributed by atoms with Crippen molar-refractivity contribution in [2.24, 2.45) is 0 Å². The van der Waals surface area contributed by atoms with E-state index in [1.54, 1.807) is 0 Å². The molecule has 2 aliphatic carbocycles. The molecule has 2 heterocycles. The van der Waals surface area contributed by atoms with Crippen LogP contribution < -0.4 is 10.2 Å². The number of halogens is 1. The number of carbonyl (C=O) groups is 1. The van der Waals surface area contributed by atoms with E-state index in [1.165, 1.54) is 35.5 Å². The van der Waals surface area contributed by atoms with E-state index in [0.29, 0.717) is 17.5 Å². The van der Waals surface area contributed by atoms with Crippen LogP contribution in [0.2, 0.25) is 0 Å². The molecule has 1 aromatic heterocycles. The van der Waals surface area contributed by atoms with Crippen molar-refractivity contribution in [2.45, 2.75) is 43.7 Å². The van der Waals surface area contributed by atoms with Gasteiger partial charge in [0, 0.05) is 29.4 Å². The second-order valence-corrected chi connectivity index (χ2v) is 8.56. The third kappa shape index (κ3) is 2.70. The number of benzene rings is 2. The Morgan fingerprint density at radius 2 is 1.97 bits per heavy atom. The SMILES string of the molecule is Cc1nccc(N2c3ccc(C4(NC(=O)c5ccc(F)cc5)CC4)cc3[C@H]3C[C@H]32)n1. The number of rotatable bonds is 4. The van der Waals surface area contributed by atoms with Gasteiger partial charge in [-0.2, -0.15) is 0 Å². The fraction of sp³-hybridized carbons (Fsp3) is 0.292. The topological polar surface area (TPSA) is 58.1 Å². The number of hydrogen-bond acceptors (Lipinski definition) is 4. The molecule has 1 N–H and O–H groups in total. The van der Waals surface area contributed by atoms with Gasteiger partial charge in [0.1, 0.15) is 17.5 Å². The lowest BCUT2D eigenvalue weighted by Gasteiger charge is -2.23. The van der Waals surface area contributed by atoms with E-state index in [2.05, 4.69) is 38.4 Å². The van der Waals surface area contributed by atoms with Crippen LogP contribution in [0.15, 0.2) is 54.7 Å². The third-order valence-electron chi connectivity index (χ3n) is 6.54. The highest BCUT2D eigenvalue weighted by Crippen LogP contribution is 2.59. The molecule has 2 fully saturated rings. The average molecular weight is 400 g/mol. The zero-order chi connectivity index (χ0) is 20.5. The zero-order valence-electron chi connectivity index (χ0n) is 16.6. The maximum atomic E-state index is 13.2. The Kier molecular flexibility index (Phi) is 3.58. The molecular formula is C24H21FN4O. The van der Waals surface area contributed by atoms with Gasteiger partial charge in [-0.25, -0.2) is 14.4 Å². The first-order valence-corrected chi connectivity index (χ1v) is 10.4. The minimum absolute atomic E-state index is 0.157. The van der Waals surface area contributed by atoms with E-state index in [4.69, 9.17) is 0 Å². The molecule has 3 aliphatic rings. The molecule has 150 valence electrons. The molecule has 2 saturated carbocycles. The molecule has 2 atom stereocenters. The Balaban J connectivity index is 1.29. The van der Waals surface area contributed by atoms with Gasteiger partial charge in [0.15, 0.2) is 0 Å². The number of carbonyl (C=O) groups excluding carboxylic acids is 1. The Morgan fingerprint density at radius 1 is 1.17 bits per heavy atom. The summed E-state index contributed by atoms with van der Waals surface area (Å²) in [5.74, 6) is 1.75. The second kappa shape index (κ2) is 6.11. The number of nitrogens with one attached hydrogen (secondary N) is 1. The predicted octanol–water partition coefficient (Wildman–Crippen LogP) is 4.35. The molecule has 0 radical (unpaired) electrons. The molecule has 0 spiro atoms. The van der Waals surface area contributed by atoms with Gasteiger partial charge in [-0.1, -0.05) is 12.1 Å². The molecule has 0 bridgehead atoms. The van der Waals surface area contributed by atoms with Crippen molar-refractivity contribution in [3.63, 3.8) is 0 Å². The Hall–Kier alpha value is -3.28. The van der Waals surface area contributed by atoms with Gasteiger partial charge < -0.3 is 10.2 Å². The molecule has 30 heavy (non-hydrogen) atoms. The highest BCUT2D eigenvalue weighted by atomic mass is 19.1. The van der Waals surface area contributed by atoms with Crippen LogP contribution in [0, 0.1) is 12.7 Å². The standard InChI is InChI=1S/C24H21FN4O/c1-14-26-11-8-22(27-14)29-20-7-4-16(12-18(20)19-13-21(19)29)24(9-10-24)28-23(30)15-2-5-17(25)6-3-15/h2-8,11-12,19,21H,9-10,13H2,1H3,(H,28,30)/t19-,21-/m1/s1. The smallest absolute Gasteiger partial charge is 0.251 e. The van der Waals surface area contributed by atoms with Crippen molar-refractivity contribution in [2.75, 3.05) is 4.90 Å². The molecule has 6 heteroatoms. The van der Waals surface area contributed by atoms with Crippen LogP contribution in [0.25, 0.3) is 0 Å². The fourth-order valence-corrected chi connectivity index (χ4v) is 4.72. The predicted molar refractivity (Wildman–Crippen MR) is 111 cm³/mol. The summed E-state index contributed by atoms with van der Waals surface area (Å²) >= 11 is 0. The minimum Gasteiger partial charge on any atom is -0.343 e. The molecule has 1 amide bonds. The van der Waals surface area contributed by atoms with Gasteiger partial charge >= 0.3 is 0 Å². The summed E-state index contributed by atoms with van der Waals surface area (Å²) < 4.78 is 13.2. The molecule has 5 nitrogen and oxygen atoms in total. The van der Waals surface area contributed by atoms with Gasteiger partial charge in [-0.05, 0) is 73.7 Å². The Bertz CT molecular complexity index is 1170. The summed E-state index contributed by atoms with van der Waals surface area (Å²) in [6.07, 6.45) is 4.78. The number of anilines is 2. The third-order valence-corrected chi connectivity index (χ3v) is 6.54. The van der Waals surface area contributed by atoms with Crippen LogP contribution in [-0.2, 0) is 5.54 Å². The molecular weight excluding hydrogens is 379 g/mol. The second-order valence-electron chi connectivity index (χ2n) is 8.56. The van der Waals surface area contributed by atoms with Crippen molar-refractivity contribution in [3.8, 4) is 0 Å². The summed E-state index contributed by atoms with van der Waals surface area (Å²) in [7, 11) is 0. The van der Waals surface area contributed by atoms with Gasteiger partial charge in [-0.15, -0.1) is 0 Å². The highest BCUT2D eigenvalue weighted by molar-refractivity contribution is 5.95. The number of hydrogen-bond donors (Lipinski definition) is 1. The van der Waals surface area contributed by atoms with Crippen molar-refractivity contribution >= 4 is 17.4 Å². The molecule has 2 aromatic carbocycles. The van der Waals surface area contributed by atoms with Gasteiger partial charge in [-0.3, -0.25) is 4.79 Å². The molecule has 0 saturated heterocycles. The average Bonchev–Trinajstić information content (AvgIpc) is 3.66. The Morgan fingerprint density at radius 3 is 2.70 bits per heavy atom. The maximum Gasteiger partial charge on any atom is 0.251 e. The summed E-state index contributed by atoms with van der Waals surface area (Å²) in [6.45, 7) is 1.91. The highest BCUT2D eigenvalue weighted by Gasteiger charge is 2.53. The van der Waals surface area contributed by atoms with Crippen LogP contribution >= 0.6 is 0 Å². The summed E-state index contributed by atoms with van der Waals surface area (Å²) in [5, 5.41) is 3.19. The monoisotopic (exact) mass is 400 g/mol. The quantitative estimate of drug-likeness (QED) is 0.707. The fourth-order valence-electron chi connectivity index (χ4n) is 4.72. The molecule has 1 aliphatic heterocycles. The summed E-state index contributed by atoms with van der Waals surface area (Å²) in [4.78, 5) is 23.9. The van der Waals surface area contributed by atoms with Crippen LogP contribution in [0.3, 0.4) is 0 Å². The first kappa shape index (κ1) is 17.6. The Labute approximate surface area is 174 Å². The summed E-state index contributed by atoms with van der Waals surface area (Å²) in [5.41, 5.74) is 3.87. The lowest BCUT2D eigenvalue weighted by Crippen LogP contribution is -2.34. The number of aromatic nitrogens is 2. The van der Waals surface area contributed by atoms with E-state index < -0.39 is 0 Å². The van der Waals surface area contributed by atoms with Crippen molar-refractivity contribution in [1.29, 1.82) is 0 Å². The molecule has 6 rings (SSSR count). The van der Waals surface area contributed by atoms with E-state index in [-0.39, 0.29) is 17.3 Å². The zero-order valence-corrected chi connectivity index (χ0v) is 16.6. The van der Waals surface area contributed by atoms with E-state index in [0.717, 1.165) is 36.5 Å². The van der Waals surface area contributed by atoms with E-state index in [9.17, 15) is 9.18 Å². The number of fused-ring (bicyclic) bond motifs is 3. The van der Waals surface area contributed by atoms with Crippen LogP contribution in [0.1, 0.15) is 52.5 Å². The first-order valence-electron chi connectivity index (χ1n) is 10.4. The van der Waals surface area contributed by atoms with E-state index >= 15 is 0 Å². The van der Waals surface area contributed by atoms with Crippen molar-refractivity contribution in [3.05, 3.63) is 83.1 Å². The van der Waals surface area contributed by atoms with E-state index in [1.807, 2.05) is 19.2 Å². The lowest BCUT2D eigenvalue weighted by molar-refractivity contribution is 0.0930. The first-order chi connectivity index (χ1) is 14.5. The number of amides is 1.